The van der Waals surface area contributed by atoms with E-state index in [1.54, 1.807) is 4.31 Å². The van der Waals surface area contributed by atoms with Gasteiger partial charge in [-0.25, -0.2) is 12.7 Å². The van der Waals surface area contributed by atoms with Crippen molar-refractivity contribution < 1.29 is 8.42 Å². The molecular weight excluding hydrogens is 463 g/mol. The van der Waals surface area contributed by atoms with Crippen LogP contribution in [0.2, 0.25) is 0 Å². The lowest BCUT2D eigenvalue weighted by Gasteiger charge is -2.30. The van der Waals surface area contributed by atoms with Crippen LogP contribution in [0.3, 0.4) is 0 Å². The Bertz CT molecular complexity index is 690. The summed E-state index contributed by atoms with van der Waals surface area (Å²) in [7, 11) is -3.08. The third-order valence-electron chi connectivity index (χ3n) is 4.90. The molecule has 0 aliphatic carbocycles. The molecule has 0 amide bonds. The standard InChI is InChI=1S/C18H28N4O2S.HI/c1-25(23,24)22-13-10-16(15-22)14-19-18(21-11-6-3-7-12-21)20-17-8-4-2-5-9-17;/h2,4-5,8-9,16H,3,6-7,10-15H2,1H3,(H,19,20);1H. The van der Waals surface area contributed by atoms with Crippen LogP contribution in [-0.2, 0) is 10.0 Å². The average Bonchev–Trinajstić information content (AvgIpc) is 3.10. The molecule has 2 saturated heterocycles. The van der Waals surface area contributed by atoms with Gasteiger partial charge in [0.15, 0.2) is 5.96 Å². The summed E-state index contributed by atoms with van der Waals surface area (Å²) in [5, 5.41) is 3.46. The zero-order chi connectivity index (χ0) is 17.7. The molecule has 2 heterocycles. The average molecular weight is 492 g/mol. The summed E-state index contributed by atoms with van der Waals surface area (Å²) >= 11 is 0. The Hall–Kier alpha value is -0.870. The molecule has 1 unspecified atom stereocenters. The van der Waals surface area contributed by atoms with Gasteiger partial charge in [0.1, 0.15) is 0 Å². The van der Waals surface area contributed by atoms with Gasteiger partial charge >= 0.3 is 0 Å². The van der Waals surface area contributed by atoms with E-state index < -0.39 is 10.0 Å². The van der Waals surface area contributed by atoms with Crippen LogP contribution in [0.4, 0.5) is 5.69 Å². The number of sulfonamides is 1. The number of nitrogens with zero attached hydrogens (tertiary/aromatic N) is 3. The molecule has 2 aliphatic rings. The highest BCUT2D eigenvalue weighted by Crippen LogP contribution is 2.20. The zero-order valence-corrected chi connectivity index (χ0v) is 18.4. The SMILES string of the molecule is CS(=O)(=O)N1CCC(CN=C(Nc2ccccc2)N2CCCCC2)C1.I. The number of nitrogens with one attached hydrogen (secondary N) is 1. The highest BCUT2D eigenvalue weighted by molar-refractivity contribution is 14.0. The monoisotopic (exact) mass is 492 g/mol. The van der Waals surface area contributed by atoms with Gasteiger partial charge in [-0.15, -0.1) is 24.0 Å². The Morgan fingerprint density at radius 3 is 2.46 bits per heavy atom. The lowest BCUT2D eigenvalue weighted by atomic mass is 10.1. The van der Waals surface area contributed by atoms with Crippen molar-refractivity contribution in [2.75, 3.05) is 44.3 Å². The molecule has 2 aliphatic heterocycles. The van der Waals surface area contributed by atoms with E-state index in [1.165, 1.54) is 25.5 Å². The molecule has 1 atom stereocenters. The van der Waals surface area contributed by atoms with E-state index in [2.05, 4.69) is 10.2 Å². The summed E-state index contributed by atoms with van der Waals surface area (Å²) in [6, 6.07) is 10.1. The fourth-order valence-corrected chi connectivity index (χ4v) is 4.36. The van der Waals surface area contributed by atoms with Crippen LogP contribution in [0.5, 0.6) is 0 Å². The summed E-state index contributed by atoms with van der Waals surface area (Å²) in [5.41, 5.74) is 1.04. The minimum atomic E-state index is -3.08. The number of guanidine groups is 1. The van der Waals surface area contributed by atoms with Crippen LogP contribution in [0.25, 0.3) is 0 Å². The molecule has 8 heteroatoms. The molecule has 1 aromatic carbocycles. The maximum atomic E-state index is 11.7. The Morgan fingerprint density at radius 1 is 1.15 bits per heavy atom. The number of aliphatic imine (C=N–C) groups is 1. The van der Waals surface area contributed by atoms with E-state index >= 15 is 0 Å². The number of hydrogen-bond acceptors (Lipinski definition) is 3. The first-order chi connectivity index (χ1) is 12.0. The van der Waals surface area contributed by atoms with Gasteiger partial charge < -0.3 is 10.2 Å². The highest BCUT2D eigenvalue weighted by atomic mass is 127. The van der Waals surface area contributed by atoms with Gasteiger partial charge in [-0.05, 0) is 43.7 Å². The topological polar surface area (TPSA) is 65.0 Å². The third-order valence-corrected chi connectivity index (χ3v) is 6.17. The fraction of sp³-hybridized carbons (Fsp3) is 0.611. The van der Waals surface area contributed by atoms with Gasteiger partial charge in [-0.3, -0.25) is 4.99 Å². The number of anilines is 1. The van der Waals surface area contributed by atoms with E-state index in [4.69, 9.17) is 4.99 Å². The van der Waals surface area contributed by atoms with Crippen LogP contribution in [0.15, 0.2) is 35.3 Å². The minimum Gasteiger partial charge on any atom is -0.343 e. The Labute approximate surface area is 174 Å². The van der Waals surface area contributed by atoms with Crippen molar-refractivity contribution in [2.45, 2.75) is 25.7 Å². The van der Waals surface area contributed by atoms with Crippen LogP contribution in [-0.4, -0.2) is 62.6 Å². The van der Waals surface area contributed by atoms with Gasteiger partial charge in [0.05, 0.1) is 6.26 Å². The number of rotatable bonds is 4. The molecule has 0 spiro atoms. The molecule has 0 saturated carbocycles. The maximum Gasteiger partial charge on any atom is 0.211 e. The smallest absolute Gasteiger partial charge is 0.211 e. The summed E-state index contributed by atoms with van der Waals surface area (Å²) in [6.07, 6.45) is 5.84. The second kappa shape index (κ2) is 9.89. The van der Waals surface area contributed by atoms with Crippen molar-refractivity contribution in [3.63, 3.8) is 0 Å². The maximum absolute atomic E-state index is 11.7. The van der Waals surface area contributed by atoms with E-state index in [-0.39, 0.29) is 24.0 Å². The molecule has 2 fully saturated rings. The third kappa shape index (κ3) is 6.09. The van der Waals surface area contributed by atoms with Gasteiger partial charge in [-0.1, -0.05) is 18.2 Å². The predicted molar refractivity (Wildman–Crippen MR) is 118 cm³/mol. The van der Waals surface area contributed by atoms with Crippen molar-refractivity contribution in [3.8, 4) is 0 Å². The predicted octanol–water partition coefficient (Wildman–Crippen LogP) is 2.84. The number of likely N-dealkylation sites (tertiary alicyclic amines) is 1. The molecule has 1 aromatic rings. The first kappa shape index (κ1) is 21.4. The normalized spacial score (nSPS) is 22.1. The fourth-order valence-electron chi connectivity index (χ4n) is 3.44. The summed E-state index contributed by atoms with van der Waals surface area (Å²) in [5.74, 6) is 1.22. The number of hydrogen-bond donors (Lipinski definition) is 1. The second-order valence-electron chi connectivity index (χ2n) is 6.98. The van der Waals surface area contributed by atoms with Gasteiger partial charge in [0.2, 0.25) is 10.0 Å². The lowest BCUT2D eigenvalue weighted by molar-refractivity contribution is 0.339. The first-order valence-electron chi connectivity index (χ1n) is 9.09. The van der Waals surface area contributed by atoms with E-state index in [0.29, 0.717) is 25.6 Å². The number of para-hydroxylation sites is 1. The number of piperidine rings is 1. The molecule has 3 rings (SSSR count). The molecule has 0 radical (unpaired) electrons. The zero-order valence-electron chi connectivity index (χ0n) is 15.3. The first-order valence-corrected chi connectivity index (χ1v) is 10.9. The van der Waals surface area contributed by atoms with E-state index in [9.17, 15) is 8.42 Å². The van der Waals surface area contributed by atoms with E-state index in [1.807, 2.05) is 30.3 Å². The van der Waals surface area contributed by atoms with Crippen molar-refractivity contribution in [1.29, 1.82) is 0 Å². The molecule has 146 valence electrons. The van der Waals surface area contributed by atoms with Crippen LogP contribution >= 0.6 is 24.0 Å². The Kier molecular flexibility index (Phi) is 8.15. The second-order valence-corrected chi connectivity index (χ2v) is 8.96. The molecule has 1 N–H and O–H groups in total. The van der Waals surface area contributed by atoms with Crippen molar-refractivity contribution >= 4 is 45.6 Å². The van der Waals surface area contributed by atoms with Gasteiger partial charge in [-0.2, -0.15) is 0 Å². The van der Waals surface area contributed by atoms with Crippen molar-refractivity contribution in [1.82, 2.24) is 9.21 Å². The molecule has 6 nitrogen and oxygen atoms in total. The number of halogens is 1. The highest BCUT2D eigenvalue weighted by Gasteiger charge is 2.28. The number of benzene rings is 1. The molecule has 0 bridgehead atoms. The summed E-state index contributed by atoms with van der Waals surface area (Å²) in [6.45, 7) is 3.92. The molecular formula is C18H29IN4O2S. The quantitative estimate of drug-likeness (QED) is 0.399. The minimum absolute atomic E-state index is 0. The van der Waals surface area contributed by atoms with Crippen molar-refractivity contribution in [2.24, 2.45) is 10.9 Å². The van der Waals surface area contributed by atoms with Gasteiger partial charge in [0.25, 0.3) is 0 Å². The van der Waals surface area contributed by atoms with Gasteiger partial charge in [0, 0.05) is 38.4 Å². The molecule has 26 heavy (non-hydrogen) atoms. The van der Waals surface area contributed by atoms with Crippen LogP contribution < -0.4 is 5.32 Å². The summed E-state index contributed by atoms with van der Waals surface area (Å²) in [4.78, 5) is 7.17. The van der Waals surface area contributed by atoms with Crippen LogP contribution in [0.1, 0.15) is 25.7 Å². The Morgan fingerprint density at radius 2 is 1.85 bits per heavy atom. The van der Waals surface area contributed by atoms with E-state index in [0.717, 1.165) is 31.2 Å². The summed E-state index contributed by atoms with van der Waals surface area (Å²) < 4.78 is 24.9. The molecule has 0 aromatic heterocycles. The largest absolute Gasteiger partial charge is 0.343 e. The lowest BCUT2D eigenvalue weighted by Crippen LogP contribution is -2.40. The Balaban J connectivity index is 0.00000243. The van der Waals surface area contributed by atoms with Crippen LogP contribution in [0, 0.1) is 5.92 Å². The van der Waals surface area contributed by atoms with Crippen molar-refractivity contribution in [3.05, 3.63) is 30.3 Å².